The molecule has 6 heavy (non-hydrogen) atoms. The van der Waals surface area contributed by atoms with Gasteiger partial charge < -0.3 is 0 Å². The fraction of sp³-hybridized carbons (Fsp3) is 0. The zero-order chi connectivity index (χ0) is 3.41. The normalized spacial score (nSPS) is 4.67. The van der Waals surface area contributed by atoms with Gasteiger partial charge in [-0.25, -0.2) is 0 Å². The molecule has 0 aromatic rings. The molecule has 0 spiro atoms. The minimum Gasteiger partial charge on any atom is 0 e. The van der Waals surface area contributed by atoms with Crippen LogP contribution in [0, 0.1) is 0 Å². The van der Waals surface area contributed by atoms with Crippen molar-refractivity contribution in [3.8, 4) is 0 Å². The van der Waals surface area contributed by atoms with Crippen LogP contribution in [0.5, 0.6) is 0 Å². The average Bonchev–Trinajstić information content (AvgIpc) is 1.37. The van der Waals surface area contributed by atoms with Crippen molar-refractivity contribution in [3.05, 3.63) is 0 Å². The van der Waals surface area contributed by atoms with E-state index in [9.17, 15) is 0 Å². The van der Waals surface area contributed by atoms with Gasteiger partial charge in [0.05, 0.1) is 0 Å². The van der Waals surface area contributed by atoms with E-state index in [-0.39, 0.29) is 26.4 Å². The molecular formula is H3Mo2NiPS2. The summed E-state index contributed by atoms with van der Waals surface area (Å²) in [5.41, 5.74) is 0. The van der Waals surface area contributed by atoms with Crippen LogP contribution in [0.15, 0.2) is 0 Å². The third-order valence-corrected chi connectivity index (χ3v) is 8.75. The topological polar surface area (TPSA) is 0 Å². The molecule has 1 unspecified atom stereocenters. The molecule has 0 saturated heterocycles. The monoisotopic (exact) mass is 352 g/mol. The van der Waals surface area contributed by atoms with Crippen molar-refractivity contribution in [1.82, 2.24) is 0 Å². The largest absolute Gasteiger partial charge is 0 e. The molecule has 1 atom stereocenters. The van der Waals surface area contributed by atoms with Gasteiger partial charge in [0.15, 0.2) is 0 Å². The Morgan fingerprint density at radius 3 is 1.17 bits per heavy atom. The molecule has 0 radical (unpaired) electrons. The van der Waals surface area contributed by atoms with Crippen molar-refractivity contribution in [1.29, 1.82) is 0 Å². The first-order valence-electron chi connectivity index (χ1n) is 0.500. The Labute approximate surface area is 79.3 Å². The Bertz CT molecular complexity index is 13.5. The van der Waals surface area contributed by atoms with Crippen LogP contribution in [0.25, 0.3) is 0 Å². The Morgan fingerprint density at radius 1 is 1.00 bits per heavy atom. The summed E-state index contributed by atoms with van der Waals surface area (Å²) in [6.07, 6.45) is 0. The molecule has 0 bridgehead atoms. The maximum absolute atomic E-state index is 2.01. The van der Waals surface area contributed by atoms with Crippen molar-refractivity contribution in [2.75, 3.05) is 0 Å². The van der Waals surface area contributed by atoms with E-state index in [1.165, 1.54) is 0 Å². The van der Waals surface area contributed by atoms with Crippen LogP contribution < -0.4 is 0 Å². The van der Waals surface area contributed by atoms with Crippen LogP contribution in [0.1, 0.15) is 0 Å². The number of hydrogen-bond donors (Lipinski definition) is 0. The summed E-state index contributed by atoms with van der Waals surface area (Å²) in [6.45, 7) is 0. The molecular weight excluding hydrogens is 346 g/mol. The van der Waals surface area contributed by atoms with E-state index in [1.807, 2.05) is 37.1 Å². The van der Waals surface area contributed by atoms with Crippen molar-refractivity contribution >= 4 is 26.9 Å². The molecule has 0 rings (SSSR count). The second-order valence-electron chi connectivity index (χ2n) is 0.136. The van der Waals surface area contributed by atoms with Gasteiger partial charge in [0.1, 0.15) is 0 Å². The predicted octanol–water partition coefficient (Wildman–Crippen LogP) is 1.35. The average molecular weight is 349 g/mol. The van der Waals surface area contributed by atoms with Crippen molar-refractivity contribution in [2.24, 2.45) is 0 Å². The summed E-state index contributed by atoms with van der Waals surface area (Å²) in [5, 5.41) is 0. The predicted molar refractivity (Wildman–Crippen MR) is 26.3 cm³/mol. The molecule has 0 amide bonds. The fourth-order valence-electron chi connectivity index (χ4n) is 0. The van der Waals surface area contributed by atoms with E-state index < -0.39 is 0 Å². The van der Waals surface area contributed by atoms with Gasteiger partial charge in [-0.2, -0.15) is 9.90 Å². The van der Waals surface area contributed by atoms with Crippen LogP contribution in [0.4, 0.5) is 0 Å². The zero-order valence-electron chi connectivity index (χ0n) is 2.66. The molecule has 42 valence electrons. The first kappa shape index (κ1) is 16.0. The molecule has 0 aromatic carbocycles. The zero-order valence-corrected chi connectivity index (χ0v) is 10.7. The summed E-state index contributed by atoms with van der Waals surface area (Å²) in [7, 11) is 3.58. The minimum atomic E-state index is 0. The summed E-state index contributed by atoms with van der Waals surface area (Å²) in [5.74, 6) is 0. The summed E-state index contributed by atoms with van der Waals surface area (Å²) in [4.78, 5) is 0. The van der Waals surface area contributed by atoms with E-state index in [0.717, 1.165) is 0 Å². The van der Waals surface area contributed by atoms with Gasteiger partial charge in [-0.3, -0.25) is 0 Å². The van der Waals surface area contributed by atoms with Gasteiger partial charge in [-0.1, -0.05) is 0 Å². The van der Waals surface area contributed by atoms with Crippen LogP contribution in [-0.2, 0) is 53.6 Å². The first-order valence-corrected chi connectivity index (χ1v) is 7.42. The molecule has 0 heterocycles. The molecule has 0 saturated carbocycles. The maximum atomic E-state index is 2.01. The molecule has 0 aliphatic carbocycles. The third kappa shape index (κ3) is 15.7. The van der Waals surface area contributed by atoms with E-state index >= 15 is 0 Å². The van der Waals surface area contributed by atoms with Crippen molar-refractivity contribution in [3.63, 3.8) is 0 Å². The molecule has 0 aromatic heterocycles. The Balaban J connectivity index is -0.0000000450. The van der Waals surface area contributed by atoms with Crippen LogP contribution in [-0.4, -0.2) is 0 Å². The fourth-order valence-corrected chi connectivity index (χ4v) is 0. The SMILES string of the molecule is P.[Mo][S][S][Mo].[Ni]. The van der Waals surface area contributed by atoms with E-state index in [2.05, 4.69) is 0 Å². The number of hydrogen-bond acceptors (Lipinski definition) is 2. The molecule has 0 aliphatic rings. The van der Waals surface area contributed by atoms with Crippen molar-refractivity contribution < 1.29 is 53.6 Å². The maximum Gasteiger partial charge on any atom is 0 e. The van der Waals surface area contributed by atoms with Crippen LogP contribution in [0.3, 0.4) is 0 Å². The van der Waals surface area contributed by atoms with Gasteiger partial charge in [0, 0.05) is 16.5 Å². The molecule has 0 N–H and O–H groups in total. The second kappa shape index (κ2) is 15.7. The van der Waals surface area contributed by atoms with Gasteiger partial charge in [0.25, 0.3) is 0 Å². The summed E-state index contributed by atoms with van der Waals surface area (Å²) < 4.78 is 0. The molecule has 0 aliphatic heterocycles. The Morgan fingerprint density at radius 2 is 1.17 bits per heavy atom. The van der Waals surface area contributed by atoms with Gasteiger partial charge >= 0.3 is 54.1 Å². The second-order valence-corrected chi connectivity index (χ2v) is 7.25. The quantitative estimate of drug-likeness (QED) is 0.398. The van der Waals surface area contributed by atoms with Crippen LogP contribution >= 0.6 is 26.9 Å². The molecule has 0 fully saturated rings. The smallest absolute Gasteiger partial charge is 0 e. The number of rotatable bonds is 1. The van der Waals surface area contributed by atoms with Crippen molar-refractivity contribution in [2.45, 2.75) is 0 Å². The summed E-state index contributed by atoms with van der Waals surface area (Å²) in [6, 6.07) is 0. The molecule has 6 heteroatoms. The first-order chi connectivity index (χ1) is 1.91. The summed E-state index contributed by atoms with van der Waals surface area (Å²) >= 11 is 4.01. The minimum absolute atomic E-state index is 0. The van der Waals surface area contributed by atoms with E-state index in [0.29, 0.717) is 0 Å². The standard InChI is InChI=1S/2Mo.Ni.H3P.S2/c;;;;1-2/h;;;1H3;/q2*+1;;;-2. The van der Waals surface area contributed by atoms with E-state index in [1.54, 1.807) is 17.0 Å². The Hall–Kier alpha value is 3.00. The third-order valence-electron chi connectivity index (χ3n) is 0.0278. The van der Waals surface area contributed by atoms with Gasteiger partial charge in [0.2, 0.25) is 0 Å². The van der Waals surface area contributed by atoms with Gasteiger partial charge in [-0.05, 0) is 0 Å². The van der Waals surface area contributed by atoms with E-state index in [4.69, 9.17) is 0 Å². The molecule has 0 nitrogen and oxygen atoms in total. The van der Waals surface area contributed by atoms with Gasteiger partial charge in [-0.15, -0.1) is 0 Å². The Kier molecular flexibility index (Phi) is 41.8. The van der Waals surface area contributed by atoms with Crippen LogP contribution in [0.2, 0.25) is 0 Å².